The Morgan fingerprint density at radius 2 is 2.06 bits per heavy atom. The molecule has 0 aliphatic carbocycles. The summed E-state index contributed by atoms with van der Waals surface area (Å²) < 4.78 is 7.25. The molecule has 1 aromatic carbocycles. The molecule has 2 nitrogen and oxygen atoms in total. The van der Waals surface area contributed by atoms with Gasteiger partial charge < -0.3 is 9.84 Å². The molecule has 1 heterocycles. The van der Waals surface area contributed by atoms with Gasteiger partial charge in [-0.3, -0.25) is 0 Å². The fourth-order valence-electron chi connectivity index (χ4n) is 1.77. The SMILES string of the molecule is COc1ccccc1CC(O)c1cc(Br)sc1Br. The second kappa shape index (κ2) is 6.19. The van der Waals surface area contributed by atoms with Crippen LogP contribution in [0.4, 0.5) is 0 Å². The van der Waals surface area contributed by atoms with Gasteiger partial charge in [-0.2, -0.15) is 0 Å². The molecule has 2 rings (SSSR count). The monoisotopic (exact) mass is 390 g/mol. The highest BCUT2D eigenvalue weighted by Gasteiger charge is 2.16. The number of para-hydroxylation sites is 1. The number of methoxy groups -OCH3 is 1. The number of ether oxygens (including phenoxy) is 1. The Morgan fingerprint density at radius 3 is 2.67 bits per heavy atom. The number of hydrogen-bond acceptors (Lipinski definition) is 3. The summed E-state index contributed by atoms with van der Waals surface area (Å²) in [6, 6.07) is 9.68. The van der Waals surface area contributed by atoms with Crippen molar-refractivity contribution in [3.63, 3.8) is 0 Å². The molecular weight excluding hydrogens is 380 g/mol. The van der Waals surface area contributed by atoms with E-state index in [2.05, 4.69) is 31.9 Å². The van der Waals surface area contributed by atoms with Gasteiger partial charge in [0, 0.05) is 12.0 Å². The minimum atomic E-state index is -0.543. The van der Waals surface area contributed by atoms with E-state index in [1.807, 2.05) is 30.3 Å². The van der Waals surface area contributed by atoms with E-state index in [1.54, 1.807) is 18.4 Å². The second-order valence-electron chi connectivity index (χ2n) is 3.81. The van der Waals surface area contributed by atoms with E-state index in [4.69, 9.17) is 4.74 Å². The molecule has 0 bridgehead atoms. The van der Waals surface area contributed by atoms with E-state index in [0.717, 1.165) is 24.4 Å². The molecule has 5 heteroatoms. The number of halogens is 2. The lowest BCUT2D eigenvalue weighted by molar-refractivity contribution is 0.177. The van der Waals surface area contributed by atoms with Gasteiger partial charge in [-0.05, 0) is 49.6 Å². The summed E-state index contributed by atoms with van der Waals surface area (Å²) in [5, 5.41) is 10.3. The van der Waals surface area contributed by atoms with Crippen molar-refractivity contribution in [1.29, 1.82) is 0 Å². The smallest absolute Gasteiger partial charge is 0.122 e. The molecule has 0 aliphatic heterocycles. The lowest BCUT2D eigenvalue weighted by atomic mass is 10.0. The summed E-state index contributed by atoms with van der Waals surface area (Å²) in [5.74, 6) is 0.807. The quantitative estimate of drug-likeness (QED) is 0.827. The largest absolute Gasteiger partial charge is 0.496 e. The van der Waals surface area contributed by atoms with E-state index >= 15 is 0 Å². The van der Waals surface area contributed by atoms with Gasteiger partial charge in [0.25, 0.3) is 0 Å². The van der Waals surface area contributed by atoms with Crippen LogP contribution in [-0.2, 0) is 6.42 Å². The lowest BCUT2D eigenvalue weighted by Gasteiger charge is -2.12. The predicted octanol–water partition coefficient (Wildman–Crippen LogP) is 4.56. The van der Waals surface area contributed by atoms with Crippen LogP contribution in [-0.4, -0.2) is 12.2 Å². The van der Waals surface area contributed by atoms with Crippen molar-refractivity contribution in [2.45, 2.75) is 12.5 Å². The Labute approximate surface area is 127 Å². The van der Waals surface area contributed by atoms with Gasteiger partial charge >= 0.3 is 0 Å². The Bertz CT molecular complexity index is 540. The molecule has 96 valence electrons. The molecule has 0 radical (unpaired) electrons. The van der Waals surface area contributed by atoms with Crippen LogP contribution >= 0.6 is 43.2 Å². The first kappa shape index (κ1) is 14.1. The molecule has 0 saturated heterocycles. The highest BCUT2D eigenvalue weighted by molar-refractivity contribution is 9.12. The molecule has 0 amide bonds. The van der Waals surface area contributed by atoms with Gasteiger partial charge in [-0.1, -0.05) is 18.2 Å². The maximum atomic E-state index is 10.3. The van der Waals surface area contributed by atoms with Crippen molar-refractivity contribution in [1.82, 2.24) is 0 Å². The summed E-state index contributed by atoms with van der Waals surface area (Å²) in [5.41, 5.74) is 1.90. The predicted molar refractivity (Wildman–Crippen MR) is 81.4 cm³/mol. The summed E-state index contributed by atoms with van der Waals surface area (Å²) in [6.07, 6.45) is -0.00979. The number of thiophene rings is 1. The topological polar surface area (TPSA) is 29.5 Å². The standard InChI is InChI=1S/C13H12Br2O2S/c1-17-11-5-3-2-4-8(11)6-10(16)9-7-12(14)18-13(9)15/h2-5,7,10,16H,6H2,1H3. The number of hydrogen-bond donors (Lipinski definition) is 1. The zero-order valence-corrected chi connectivity index (χ0v) is 13.7. The van der Waals surface area contributed by atoms with Crippen LogP contribution in [0.25, 0.3) is 0 Å². The zero-order valence-electron chi connectivity index (χ0n) is 9.69. The Balaban J connectivity index is 2.21. The van der Waals surface area contributed by atoms with Crippen molar-refractivity contribution in [2.24, 2.45) is 0 Å². The minimum Gasteiger partial charge on any atom is -0.496 e. The molecule has 2 aromatic rings. The van der Waals surface area contributed by atoms with Crippen LogP contribution in [0.2, 0.25) is 0 Å². The molecule has 18 heavy (non-hydrogen) atoms. The van der Waals surface area contributed by atoms with Crippen LogP contribution in [0.3, 0.4) is 0 Å². The molecule has 1 aromatic heterocycles. The highest BCUT2D eigenvalue weighted by atomic mass is 79.9. The number of benzene rings is 1. The van der Waals surface area contributed by atoms with Crippen molar-refractivity contribution in [3.05, 3.63) is 49.0 Å². The number of aliphatic hydroxyl groups excluding tert-OH is 1. The van der Waals surface area contributed by atoms with E-state index in [1.165, 1.54) is 0 Å². The third-order valence-electron chi connectivity index (χ3n) is 2.65. The van der Waals surface area contributed by atoms with Gasteiger partial charge in [0.2, 0.25) is 0 Å². The minimum absolute atomic E-state index is 0.534. The van der Waals surface area contributed by atoms with Crippen molar-refractivity contribution >= 4 is 43.2 Å². The van der Waals surface area contributed by atoms with E-state index in [-0.39, 0.29) is 0 Å². The third-order valence-corrected chi connectivity index (χ3v) is 5.03. The summed E-state index contributed by atoms with van der Waals surface area (Å²) >= 11 is 8.44. The van der Waals surface area contributed by atoms with E-state index in [9.17, 15) is 5.11 Å². The first-order valence-corrected chi connectivity index (χ1v) is 7.76. The van der Waals surface area contributed by atoms with Gasteiger partial charge in [-0.25, -0.2) is 0 Å². The Kier molecular flexibility index (Phi) is 4.84. The summed E-state index contributed by atoms with van der Waals surface area (Å²) in [4.78, 5) is 0. The van der Waals surface area contributed by atoms with Crippen LogP contribution in [0.15, 0.2) is 37.9 Å². The molecular formula is C13H12Br2O2S. The third kappa shape index (κ3) is 3.15. The second-order valence-corrected chi connectivity index (χ2v) is 7.56. The van der Waals surface area contributed by atoms with E-state index in [0.29, 0.717) is 6.42 Å². The number of aliphatic hydroxyl groups is 1. The number of rotatable bonds is 4. The molecule has 1 atom stereocenters. The highest BCUT2D eigenvalue weighted by Crippen LogP contribution is 2.37. The normalized spacial score (nSPS) is 12.4. The Hall–Kier alpha value is -0.360. The average molecular weight is 392 g/mol. The van der Waals surface area contributed by atoms with Crippen molar-refractivity contribution < 1.29 is 9.84 Å². The summed E-state index contributed by atoms with van der Waals surface area (Å²) in [6.45, 7) is 0. The maximum absolute atomic E-state index is 10.3. The fourth-order valence-corrected chi connectivity index (χ4v) is 4.73. The van der Waals surface area contributed by atoms with Crippen LogP contribution in [0, 0.1) is 0 Å². The summed E-state index contributed by atoms with van der Waals surface area (Å²) in [7, 11) is 1.64. The molecule has 0 spiro atoms. The van der Waals surface area contributed by atoms with Gasteiger partial charge in [0.15, 0.2) is 0 Å². The fraction of sp³-hybridized carbons (Fsp3) is 0.231. The van der Waals surface area contributed by atoms with Crippen LogP contribution in [0.5, 0.6) is 5.75 Å². The van der Waals surface area contributed by atoms with Gasteiger partial charge in [-0.15, -0.1) is 11.3 Å². The van der Waals surface area contributed by atoms with Crippen LogP contribution in [0.1, 0.15) is 17.2 Å². The first-order chi connectivity index (χ1) is 8.61. The lowest BCUT2D eigenvalue weighted by Crippen LogP contribution is -2.02. The molecule has 0 saturated carbocycles. The first-order valence-electron chi connectivity index (χ1n) is 5.36. The van der Waals surface area contributed by atoms with Crippen molar-refractivity contribution in [2.75, 3.05) is 7.11 Å². The molecule has 1 N–H and O–H groups in total. The van der Waals surface area contributed by atoms with Crippen molar-refractivity contribution in [3.8, 4) is 5.75 Å². The molecule has 0 fully saturated rings. The molecule has 1 unspecified atom stereocenters. The van der Waals surface area contributed by atoms with Gasteiger partial charge in [0.1, 0.15) is 5.75 Å². The zero-order chi connectivity index (χ0) is 13.1. The molecule has 0 aliphatic rings. The van der Waals surface area contributed by atoms with E-state index < -0.39 is 6.10 Å². The maximum Gasteiger partial charge on any atom is 0.122 e. The Morgan fingerprint density at radius 1 is 1.33 bits per heavy atom. The van der Waals surface area contributed by atoms with Gasteiger partial charge in [0.05, 0.1) is 20.8 Å². The van der Waals surface area contributed by atoms with Crippen LogP contribution < -0.4 is 4.74 Å². The average Bonchev–Trinajstić information content (AvgIpc) is 2.69.